The van der Waals surface area contributed by atoms with Crippen LogP contribution in [-0.2, 0) is 4.79 Å². The van der Waals surface area contributed by atoms with Gasteiger partial charge in [-0.1, -0.05) is 28.0 Å². The summed E-state index contributed by atoms with van der Waals surface area (Å²) in [6, 6.07) is 3.85. The molecule has 5 nitrogen and oxygen atoms in total. The number of nitrogens with one attached hydrogen (secondary N) is 1. The van der Waals surface area contributed by atoms with Gasteiger partial charge in [0.15, 0.2) is 5.84 Å². The van der Waals surface area contributed by atoms with Crippen LogP contribution >= 0.6 is 15.9 Å². The Hall–Kier alpha value is -1.56. The zero-order valence-electron chi connectivity index (χ0n) is 12.1. The fourth-order valence-corrected chi connectivity index (χ4v) is 2.61. The molecule has 0 fully saturated rings. The van der Waals surface area contributed by atoms with Gasteiger partial charge in [0, 0.05) is 10.2 Å². The molecule has 0 saturated heterocycles. The van der Waals surface area contributed by atoms with Crippen LogP contribution in [0.25, 0.3) is 0 Å². The molecular formula is C14H20BrN3O2. The van der Waals surface area contributed by atoms with E-state index in [1.54, 1.807) is 6.92 Å². The molecule has 1 unspecified atom stereocenters. The van der Waals surface area contributed by atoms with Crippen molar-refractivity contribution in [3.8, 4) is 0 Å². The molecule has 0 aliphatic carbocycles. The first-order valence-electron chi connectivity index (χ1n) is 6.32. The molecular weight excluding hydrogens is 322 g/mol. The van der Waals surface area contributed by atoms with Crippen LogP contribution in [-0.4, -0.2) is 17.0 Å². The van der Waals surface area contributed by atoms with Gasteiger partial charge in [0.05, 0.1) is 0 Å². The number of amides is 1. The first-order valence-corrected chi connectivity index (χ1v) is 7.11. The van der Waals surface area contributed by atoms with Crippen molar-refractivity contribution in [2.45, 2.75) is 34.1 Å². The number of hydrogen-bond donors (Lipinski definition) is 3. The normalized spacial score (nSPS) is 14.8. The van der Waals surface area contributed by atoms with Crippen molar-refractivity contribution in [1.29, 1.82) is 0 Å². The molecule has 1 atom stereocenters. The number of nitrogens with two attached hydrogens (primary N) is 1. The molecule has 1 rings (SSSR count). The van der Waals surface area contributed by atoms with Gasteiger partial charge < -0.3 is 16.3 Å². The topological polar surface area (TPSA) is 87.7 Å². The van der Waals surface area contributed by atoms with Crippen molar-refractivity contribution in [1.82, 2.24) is 0 Å². The van der Waals surface area contributed by atoms with E-state index in [0.717, 1.165) is 21.3 Å². The summed E-state index contributed by atoms with van der Waals surface area (Å²) in [5.41, 5.74) is 7.26. The fourth-order valence-electron chi connectivity index (χ4n) is 1.93. The van der Waals surface area contributed by atoms with Crippen molar-refractivity contribution in [3.05, 3.63) is 27.7 Å². The van der Waals surface area contributed by atoms with Crippen LogP contribution in [0.5, 0.6) is 0 Å². The Morgan fingerprint density at radius 3 is 2.35 bits per heavy atom. The van der Waals surface area contributed by atoms with E-state index < -0.39 is 5.41 Å². The molecule has 0 aromatic heterocycles. The smallest absolute Gasteiger partial charge is 0.238 e. The minimum atomic E-state index is -1.04. The molecule has 1 amide bonds. The first-order chi connectivity index (χ1) is 9.26. The minimum Gasteiger partial charge on any atom is -0.409 e. The third-order valence-electron chi connectivity index (χ3n) is 3.62. The lowest BCUT2D eigenvalue weighted by Crippen LogP contribution is -2.44. The molecule has 0 spiro atoms. The second-order valence-corrected chi connectivity index (χ2v) is 5.96. The number of oxime groups is 1. The average molecular weight is 342 g/mol. The lowest BCUT2D eigenvalue weighted by Gasteiger charge is -2.26. The highest BCUT2D eigenvalue weighted by atomic mass is 79.9. The van der Waals surface area contributed by atoms with Crippen LogP contribution in [0.2, 0.25) is 0 Å². The van der Waals surface area contributed by atoms with Gasteiger partial charge in [-0.3, -0.25) is 4.79 Å². The summed E-state index contributed by atoms with van der Waals surface area (Å²) in [4.78, 5) is 12.5. The summed E-state index contributed by atoms with van der Waals surface area (Å²) < 4.78 is 0.959. The SMILES string of the molecule is CCC(C)(C(=O)Nc1c(C)cc(Br)cc1C)C(N)=NO. The molecule has 1 aromatic carbocycles. The molecule has 0 aliphatic heterocycles. The second-order valence-electron chi connectivity index (χ2n) is 5.04. The molecule has 1 aromatic rings. The minimum absolute atomic E-state index is 0.0927. The standard InChI is InChI=1S/C14H20BrN3O2/c1-5-14(4,12(16)18-20)13(19)17-11-8(2)6-10(15)7-9(11)3/h6-7,20H,5H2,1-4H3,(H2,16,18)(H,17,19). The number of halogens is 1. The molecule has 0 saturated carbocycles. The van der Waals surface area contributed by atoms with Gasteiger partial charge in [0.25, 0.3) is 0 Å². The van der Waals surface area contributed by atoms with Gasteiger partial charge in [-0.25, -0.2) is 0 Å². The van der Waals surface area contributed by atoms with E-state index in [1.807, 2.05) is 32.9 Å². The average Bonchev–Trinajstić information content (AvgIpc) is 2.40. The number of nitrogens with zero attached hydrogens (tertiary/aromatic N) is 1. The highest BCUT2D eigenvalue weighted by Crippen LogP contribution is 2.29. The van der Waals surface area contributed by atoms with Gasteiger partial charge in [-0.2, -0.15) is 0 Å². The molecule has 0 bridgehead atoms. The number of carbonyl (C=O) groups is 1. The van der Waals surface area contributed by atoms with E-state index in [4.69, 9.17) is 10.9 Å². The highest BCUT2D eigenvalue weighted by Gasteiger charge is 2.36. The number of anilines is 1. The monoisotopic (exact) mass is 341 g/mol. The lowest BCUT2D eigenvalue weighted by molar-refractivity contribution is -0.121. The van der Waals surface area contributed by atoms with Crippen LogP contribution < -0.4 is 11.1 Å². The predicted octanol–water partition coefficient (Wildman–Crippen LogP) is 3.17. The Morgan fingerprint density at radius 1 is 1.45 bits per heavy atom. The Morgan fingerprint density at radius 2 is 1.95 bits per heavy atom. The second kappa shape index (κ2) is 6.26. The molecule has 110 valence electrons. The summed E-state index contributed by atoms with van der Waals surface area (Å²) >= 11 is 3.42. The van der Waals surface area contributed by atoms with Crippen molar-refractivity contribution in [2.75, 3.05) is 5.32 Å². The summed E-state index contributed by atoms with van der Waals surface area (Å²) in [5, 5.41) is 14.7. The third kappa shape index (κ3) is 3.12. The van der Waals surface area contributed by atoms with Crippen LogP contribution in [0.1, 0.15) is 31.4 Å². The summed E-state index contributed by atoms with van der Waals surface area (Å²) in [6.07, 6.45) is 0.434. The number of amidine groups is 1. The number of rotatable bonds is 4. The van der Waals surface area contributed by atoms with Crippen molar-refractivity contribution in [3.63, 3.8) is 0 Å². The van der Waals surface area contributed by atoms with Gasteiger partial charge in [-0.05, 0) is 50.5 Å². The highest BCUT2D eigenvalue weighted by molar-refractivity contribution is 9.10. The maximum absolute atomic E-state index is 12.5. The van der Waals surface area contributed by atoms with Gasteiger partial charge in [0.1, 0.15) is 5.41 Å². The Labute approximate surface area is 127 Å². The Bertz CT molecular complexity index is 534. The van der Waals surface area contributed by atoms with E-state index >= 15 is 0 Å². The van der Waals surface area contributed by atoms with E-state index in [-0.39, 0.29) is 11.7 Å². The number of benzene rings is 1. The molecule has 0 heterocycles. The molecule has 20 heavy (non-hydrogen) atoms. The Balaban J connectivity index is 3.13. The predicted molar refractivity (Wildman–Crippen MR) is 84.1 cm³/mol. The van der Waals surface area contributed by atoms with Gasteiger partial charge in [-0.15, -0.1) is 0 Å². The fraction of sp³-hybridized carbons (Fsp3) is 0.429. The van der Waals surface area contributed by atoms with Crippen molar-refractivity contribution < 1.29 is 10.0 Å². The third-order valence-corrected chi connectivity index (χ3v) is 4.08. The van der Waals surface area contributed by atoms with Gasteiger partial charge in [0.2, 0.25) is 5.91 Å². The summed E-state index contributed by atoms with van der Waals surface area (Å²) in [5.74, 6) is -0.381. The number of hydrogen-bond acceptors (Lipinski definition) is 3. The molecule has 6 heteroatoms. The number of aryl methyl sites for hydroxylation is 2. The van der Waals surface area contributed by atoms with Crippen LogP contribution in [0.15, 0.2) is 21.8 Å². The maximum atomic E-state index is 12.5. The van der Waals surface area contributed by atoms with E-state index in [1.165, 1.54) is 0 Å². The molecule has 4 N–H and O–H groups in total. The van der Waals surface area contributed by atoms with Gasteiger partial charge >= 0.3 is 0 Å². The van der Waals surface area contributed by atoms with E-state index in [9.17, 15) is 4.79 Å². The molecule has 0 radical (unpaired) electrons. The van der Waals surface area contributed by atoms with Crippen molar-refractivity contribution >= 4 is 33.4 Å². The molecule has 0 aliphatic rings. The zero-order chi connectivity index (χ0) is 15.5. The largest absolute Gasteiger partial charge is 0.409 e. The zero-order valence-corrected chi connectivity index (χ0v) is 13.7. The quantitative estimate of drug-likeness (QED) is 0.340. The van der Waals surface area contributed by atoms with E-state index in [2.05, 4.69) is 26.4 Å². The van der Waals surface area contributed by atoms with Crippen molar-refractivity contribution in [2.24, 2.45) is 16.3 Å². The van der Waals surface area contributed by atoms with Crippen LogP contribution in [0.4, 0.5) is 5.69 Å². The van der Waals surface area contributed by atoms with E-state index in [0.29, 0.717) is 6.42 Å². The maximum Gasteiger partial charge on any atom is 0.238 e. The Kier molecular flexibility index (Phi) is 5.16. The first kappa shape index (κ1) is 16.5. The summed E-state index contributed by atoms with van der Waals surface area (Å²) in [7, 11) is 0. The lowest BCUT2D eigenvalue weighted by atomic mass is 9.85. The summed E-state index contributed by atoms with van der Waals surface area (Å²) in [6.45, 7) is 7.31. The number of carbonyl (C=O) groups excluding carboxylic acids is 1. The van der Waals surface area contributed by atoms with Crippen LogP contribution in [0, 0.1) is 19.3 Å². The van der Waals surface area contributed by atoms with Crippen LogP contribution in [0.3, 0.4) is 0 Å².